The lowest BCUT2D eigenvalue weighted by atomic mass is 10.1. The molecule has 0 bridgehead atoms. The van der Waals surface area contributed by atoms with Gasteiger partial charge in [0.1, 0.15) is 12.4 Å². The van der Waals surface area contributed by atoms with Crippen molar-refractivity contribution in [1.29, 1.82) is 0 Å². The van der Waals surface area contributed by atoms with E-state index in [-0.39, 0.29) is 18.4 Å². The lowest BCUT2D eigenvalue weighted by Gasteiger charge is -2.11. The van der Waals surface area contributed by atoms with Crippen LogP contribution in [0.3, 0.4) is 0 Å². The number of nitrogens with one attached hydrogen (secondary N) is 2. The van der Waals surface area contributed by atoms with E-state index in [4.69, 9.17) is 4.74 Å². The topological polar surface area (TPSA) is 70.7 Å². The Kier molecular flexibility index (Phi) is 8.26. The zero-order valence-electron chi connectivity index (χ0n) is 18.5. The van der Waals surface area contributed by atoms with Crippen LogP contribution in [-0.4, -0.2) is 37.4 Å². The first-order chi connectivity index (χ1) is 15.5. The van der Waals surface area contributed by atoms with Gasteiger partial charge in [-0.3, -0.25) is 9.59 Å². The zero-order chi connectivity index (χ0) is 22.8. The monoisotopic (exact) mass is 431 g/mol. The van der Waals surface area contributed by atoms with E-state index in [0.29, 0.717) is 25.1 Å². The maximum Gasteiger partial charge on any atom is 0.243 e. The molecule has 3 aromatic carbocycles. The Morgan fingerprint density at radius 1 is 0.844 bits per heavy atom. The predicted octanol–water partition coefficient (Wildman–Crippen LogP) is 4.34. The summed E-state index contributed by atoms with van der Waals surface area (Å²) in [7, 11) is 3.51. The number of hydrogen-bond donors (Lipinski definition) is 2. The number of benzene rings is 3. The van der Waals surface area contributed by atoms with Crippen molar-refractivity contribution in [2.45, 2.75) is 19.4 Å². The van der Waals surface area contributed by atoms with Crippen LogP contribution in [0.4, 0.5) is 11.4 Å². The molecule has 0 aliphatic carbocycles. The molecule has 0 atom stereocenters. The molecule has 0 aromatic heterocycles. The van der Waals surface area contributed by atoms with Crippen LogP contribution in [0.2, 0.25) is 0 Å². The fraction of sp³-hybridized carbons (Fsp3) is 0.231. The maximum atomic E-state index is 12.3. The van der Waals surface area contributed by atoms with Crippen LogP contribution >= 0.6 is 0 Å². The highest BCUT2D eigenvalue weighted by molar-refractivity contribution is 5.93. The predicted molar refractivity (Wildman–Crippen MR) is 128 cm³/mol. The molecule has 0 spiro atoms. The molecule has 6 heteroatoms. The van der Waals surface area contributed by atoms with E-state index >= 15 is 0 Å². The van der Waals surface area contributed by atoms with Gasteiger partial charge in [-0.05, 0) is 53.9 Å². The average Bonchev–Trinajstić information content (AvgIpc) is 2.81. The van der Waals surface area contributed by atoms with Crippen LogP contribution in [0.1, 0.15) is 17.5 Å². The summed E-state index contributed by atoms with van der Waals surface area (Å²) in [5.41, 5.74) is 3.71. The molecule has 6 nitrogen and oxygen atoms in total. The van der Waals surface area contributed by atoms with E-state index in [2.05, 4.69) is 10.6 Å². The van der Waals surface area contributed by atoms with Gasteiger partial charge in [-0.1, -0.05) is 42.5 Å². The zero-order valence-corrected chi connectivity index (χ0v) is 18.5. The molecule has 0 heterocycles. The molecule has 0 aliphatic rings. The fourth-order valence-electron chi connectivity index (χ4n) is 3.07. The molecule has 3 aromatic rings. The lowest BCUT2D eigenvalue weighted by Crippen LogP contribution is -2.22. The Morgan fingerprint density at radius 3 is 2.28 bits per heavy atom. The minimum absolute atomic E-state index is 0.0965. The number of nitrogens with zero attached hydrogens (tertiary/aromatic N) is 1. The summed E-state index contributed by atoms with van der Waals surface area (Å²) in [6, 6.07) is 25.1. The first-order valence-corrected chi connectivity index (χ1v) is 10.6. The van der Waals surface area contributed by atoms with E-state index in [0.717, 1.165) is 22.6 Å². The van der Waals surface area contributed by atoms with E-state index in [9.17, 15) is 9.59 Å². The molecule has 0 radical (unpaired) electrons. The number of carbonyl (C=O) groups is 2. The van der Waals surface area contributed by atoms with Crippen LogP contribution < -0.4 is 15.4 Å². The molecule has 0 saturated carbocycles. The van der Waals surface area contributed by atoms with Crippen molar-refractivity contribution in [3.8, 4) is 5.75 Å². The lowest BCUT2D eigenvalue weighted by molar-refractivity contribution is -0.128. The van der Waals surface area contributed by atoms with Gasteiger partial charge in [-0.25, -0.2) is 0 Å². The van der Waals surface area contributed by atoms with Gasteiger partial charge in [-0.15, -0.1) is 0 Å². The highest BCUT2D eigenvalue weighted by atomic mass is 16.5. The summed E-state index contributed by atoms with van der Waals surface area (Å²) in [6.45, 7) is 0.644. The SMILES string of the molecule is CN(C)C(=O)CCc1cccc(NCC(=O)Nc2ccc(OCc3ccccc3)cc2)c1. The van der Waals surface area contributed by atoms with Gasteiger partial charge < -0.3 is 20.3 Å². The minimum Gasteiger partial charge on any atom is -0.489 e. The number of amides is 2. The molecule has 0 fully saturated rings. The second kappa shape index (κ2) is 11.6. The van der Waals surface area contributed by atoms with Gasteiger partial charge in [0.2, 0.25) is 11.8 Å². The molecule has 2 amide bonds. The van der Waals surface area contributed by atoms with Gasteiger partial charge in [0, 0.05) is 31.9 Å². The summed E-state index contributed by atoms with van der Waals surface area (Å²) in [5.74, 6) is 0.699. The van der Waals surface area contributed by atoms with Crippen LogP contribution in [0.15, 0.2) is 78.9 Å². The summed E-state index contributed by atoms with van der Waals surface area (Å²) in [6.07, 6.45) is 1.12. The number of rotatable bonds is 10. The van der Waals surface area contributed by atoms with Crippen molar-refractivity contribution in [2.75, 3.05) is 31.3 Å². The third kappa shape index (κ3) is 7.47. The smallest absolute Gasteiger partial charge is 0.243 e. The number of aryl methyl sites for hydroxylation is 1. The standard InChI is InChI=1S/C26H29N3O3/c1-29(2)26(31)16-11-20-9-6-10-23(17-20)27-18-25(30)28-22-12-14-24(15-13-22)32-19-21-7-4-3-5-8-21/h3-10,12-15,17,27H,11,16,18-19H2,1-2H3,(H,28,30). The third-order valence-electron chi connectivity index (χ3n) is 4.89. The molecule has 2 N–H and O–H groups in total. The van der Waals surface area contributed by atoms with Crippen LogP contribution in [0.25, 0.3) is 0 Å². The molecular weight excluding hydrogens is 402 g/mol. The van der Waals surface area contributed by atoms with Crippen LogP contribution in [0.5, 0.6) is 5.75 Å². The first-order valence-electron chi connectivity index (χ1n) is 10.6. The number of ether oxygens (including phenoxy) is 1. The van der Waals surface area contributed by atoms with Gasteiger partial charge in [0.05, 0.1) is 6.54 Å². The quantitative estimate of drug-likeness (QED) is 0.501. The van der Waals surface area contributed by atoms with Crippen molar-refractivity contribution in [2.24, 2.45) is 0 Å². The van der Waals surface area contributed by atoms with Gasteiger partial charge in [0.25, 0.3) is 0 Å². The fourth-order valence-corrected chi connectivity index (χ4v) is 3.07. The molecule has 166 valence electrons. The van der Waals surface area contributed by atoms with Gasteiger partial charge >= 0.3 is 0 Å². The highest BCUT2D eigenvalue weighted by Gasteiger charge is 2.06. The maximum absolute atomic E-state index is 12.3. The van der Waals surface area contributed by atoms with Crippen molar-refractivity contribution in [3.63, 3.8) is 0 Å². The van der Waals surface area contributed by atoms with E-state index in [1.165, 1.54) is 0 Å². The summed E-state index contributed by atoms with van der Waals surface area (Å²) >= 11 is 0. The second-order valence-corrected chi connectivity index (χ2v) is 7.69. The van der Waals surface area contributed by atoms with Gasteiger partial charge in [-0.2, -0.15) is 0 Å². The molecule has 32 heavy (non-hydrogen) atoms. The highest BCUT2D eigenvalue weighted by Crippen LogP contribution is 2.17. The van der Waals surface area contributed by atoms with E-state index < -0.39 is 0 Å². The Morgan fingerprint density at radius 2 is 1.56 bits per heavy atom. The van der Waals surface area contributed by atoms with Crippen molar-refractivity contribution >= 4 is 23.2 Å². The number of anilines is 2. The van der Waals surface area contributed by atoms with Crippen molar-refractivity contribution in [3.05, 3.63) is 90.0 Å². The summed E-state index contributed by atoms with van der Waals surface area (Å²) < 4.78 is 5.77. The largest absolute Gasteiger partial charge is 0.489 e. The molecule has 3 rings (SSSR count). The number of carbonyl (C=O) groups excluding carboxylic acids is 2. The Bertz CT molecular complexity index is 1020. The summed E-state index contributed by atoms with van der Waals surface area (Å²) in [4.78, 5) is 25.7. The Labute approximate surface area is 189 Å². The van der Waals surface area contributed by atoms with E-state index in [1.54, 1.807) is 19.0 Å². The molecule has 0 saturated heterocycles. The Balaban J connectivity index is 1.43. The van der Waals surface area contributed by atoms with Crippen molar-refractivity contribution in [1.82, 2.24) is 4.90 Å². The first kappa shape index (κ1) is 22.9. The minimum atomic E-state index is -0.142. The third-order valence-corrected chi connectivity index (χ3v) is 4.89. The Hall–Kier alpha value is -3.80. The summed E-state index contributed by atoms with van der Waals surface area (Å²) in [5, 5.41) is 6.01. The molecule has 0 aliphatic heterocycles. The van der Waals surface area contributed by atoms with E-state index in [1.807, 2.05) is 78.9 Å². The van der Waals surface area contributed by atoms with Crippen LogP contribution in [0, 0.1) is 0 Å². The number of hydrogen-bond acceptors (Lipinski definition) is 4. The molecular formula is C26H29N3O3. The normalized spacial score (nSPS) is 10.3. The van der Waals surface area contributed by atoms with Crippen molar-refractivity contribution < 1.29 is 14.3 Å². The van der Waals surface area contributed by atoms with Gasteiger partial charge in [0.15, 0.2) is 0 Å². The average molecular weight is 432 g/mol. The molecule has 0 unspecified atom stereocenters. The van der Waals surface area contributed by atoms with Crippen LogP contribution in [-0.2, 0) is 22.6 Å². The second-order valence-electron chi connectivity index (χ2n) is 7.69.